The van der Waals surface area contributed by atoms with Gasteiger partial charge in [-0.05, 0) is 18.6 Å². The second-order valence-corrected chi connectivity index (χ2v) is 6.26. The molecule has 26 heavy (non-hydrogen) atoms. The highest BCUT2D eigenvalue weighted by Crippen LogP contribution is 2.25. The number of H-pyrrole nitrogens is 1. The Balaban J connectivity index is 1.70. The molecule has 0 spiro atoms. The number of amides is 1. The van der Waals surface area contributed by atoms with Crippen LogP contribution in [0.15, 0.2) is 65.6 Å². The van der Waals surface area contributed by atoms with E-state index in [2.05, 4.69) is 15.5 Å². The van der Waals surface area contributed by atoms with E-state index in [9.17, 15) is 9.59 Å². The van der Waals surface area contributed by atoms with Gasteiger partial charge in [0.15, 0.2) is 0 Å². The Bertz CT molecular complexity index is 1140. The summed E-state index contributed by atoms with van der Waals surface area (Å²) in [6.45, 7) is 2.00. The van der Waals surface area contributed by atoms with Crippen molar-refractivity contribution in [3.63, 3.8) is 0 Å². The molecule has 0 bridgehead atoms. The van der Waals surface area contributed by atoms with E-state index in [0.29, 0.717) is 5.52 Å². The molecule has 1 atom stereocenters. The SMILES string of the molecule is C[C@@H](NC(=O)Cn1c2ccccc2c2cn[nH]c(=O)c21)c1ccccc1. The van der Waals surface area contributed by atoms with Gasteiger partial charge in [-0.25, -0.2) is 5.10 Å². The largest absolute Gasteiger partial charge is 0.348 e. The summed E-state index contributed by atoms with van der Waals surface area (Å²) in [6, 6.07) is 17.3. The fourth-order valence-corrected chi connectivity index (χ4v) is 3.33. The molecule has 2 heterocycles. The number of benzene rings is 2. The average Bonchev–Trinajstić information content (AvgIpc) is 2.98. The Morgan fingerprint density at radius 1 is 1.12 bits per heavy atom. The van der Waals surface area contributed by atoms with Crippen LogP contribution >= 0.6 is 0 Å². The third-order valence-corrected chi connectivity index (χ3v) is 4.56. The highest BCUT2D eigenvalue weighted by molar-refractivity contribution is 6.07. The number of aromatic amines is 1. The number of para-hydroxylation sites is 1. The van der Waals surface area contributed by atoms with E-state index < -0.39 is 0 Å². The number of nitrogens with one attached hydrogen (secondary N) is 2. The van der Waals surface area contributed by atoms with Crippen LogP contribution in [0.2, 0.25) is 0 Å². The summed E-state index contributed by atoms with van der Waals surface area (Å²) in [5.74, 6) is -0.153. The fraction of sp³-hybridized carbons (Fsp3) is 0.150. The van der Waals surface area contributed by atoms with Crippen molar-refractivity contribution in [2.45, 2.75) is 19.5 Å². The molecule has 0 saturated carbocycles. The summed E-state index contributed by atoms with van der Waals surface area (Å²) in [6.07, 6.45) is 1.63. The molecule has 0 radical (unpaired) electrons. The van der Waals surface area contributed by atoms with E-state index >= 15 is 0 Å². The lowest BCUT2D eigenvalue weighted by Crippen LogP contribution is -2.30. The molecule has 4 aromatic rings. The second-order valence-electron chi connectivity index (χ2n) is 6.26. The first kappa shape index (κ1) is 16.1. The average molecular weight is 346 g/mol. The van der Waals surface area contributed by atoms with Crippen LogP contribution in [0, 0.1) is 0 Å². The topological polar surface area (TPSA) is 79.8 Å². The lowest BCUT2D eigenvalue weighted by Gasteiger charge is -2.15. The van der Waals surface area contributed by atoms with Gasteiger partial charge in [-0.15, -0.1) is 0 Å². The number of hydrogen-bond donors (Lipinski definition) is 2. The molecule has 4 rings (SSSR count). The van der Waals surface area contributed by atoms with Crippen LogP contribution in [0.25, 0.3) is 21.8 Å². The summed E-state index contributed by atoms with van der Waals surface area (Å²) in [5.41, 5.74) is 2.03. The van der Waals surface area contributed by atoms with Crippen LogP contribution in [-0.2, 0) is 11.3 Å². The van der Waals surface area contributed by atoms with Crippen molar-refractivity contribution in [3.05, 3.63) is 76.7 Å². The predicted molar refractivity (Wildman–Crippen MR) is 101 cm³/mol. The third kappa shape index (κ3) is 2.75. The van der Waals surface area contributed by atoms with Crippen molar-refractivity contribution < 1.29 is 4.79 Å². The third-order valence-electron chi connectivity index (χ3n) is 4.56. The summed E-state index contributed by atoms with van der Waals surface area (Å²) in [7, 11) is 0. The molecule has 0 saturated heterocycles. The molecular formula is C20H18N4O2. The molecule has 2 aromatic heterocycles. The summed E-state index contributed by atoms with van der Waals surface area (Å²) in [4.78, 5) is 25.0. The minimum absolute atomic E-state index is 0.0638. The van der Waals surface area contributed by atoms with Gasteiger partial charge >= 0.3 is 0 Å². The van der Waals surface area contributed by atoms with Gasteiger partial charge < -0.3 is 9.88 Å². The zero-order valence-electron chi connectivity index (χ0n) is 14.3. The second kappa shape index (κ2) is 6.48. The molecule has 0 aliphatic carbocycles. The minimum atomic E-state index is -0.303. The van der Waals surface area contributed by atoms with E-state index in [0.717, 1.165) is 21.9 Å². The lowest BCUT2D eigenvalue weighted by molar-refractivity contribution is -0.122. The molecule has 0 unspecified atom stereocenters. The highest BCUT2D eigenvalue weighted by Gasteiger charge is 2.17. The van der Waals surface area contributed by atoms with Crippen molar-refractivity contribution in [2.24, 2.45) is 0 Å². The molecule has 6 nitrogen and oxygen atoms in total. The van der Waals surface area contributed by atoms with Crippen molar-refractivity contribution in [1.82, 2.24) is 20.1 Å². The maximum absolute atomic E-state index is 12.6. The van der Waals surface area contributed by atoms with Crippen LogP contribution in [0.5, 0.6) is 0 Å². The van der Waals surface area contributed by atoms with Crippen molar-refractivity contribution >= 4 is 27.7 Å². The number of carbonyl (C=O) groups excluding carboxylic acids is 1. The Kier molecular flexibility index (Phi) is 4.01. The van der Waals surface area contributed by atoms with Crippen molar-refractivity contribution in [1.29, 1.82) is 0 Å². The van der Waals surface area contributed by atoms with Gasteiger partial charge in [-0.2, -0.15) is 5.10 Å². The number of carbonyl (C=O) groups is 1. The highest BCUT2D eigenvalue weighted by atomic mass is 16.2. The molecule has 1 amide bonds. The van der Waals surface area contributed by atoms with Crippen LogP contribution in [-0.4, -0.2) is 20.7 Å². The summed E-state index contributed by atoms with van der Waals surface area (Å²) in [5, 5.41) is 11.0. The van der Waals surface area contributed by atoms with Gasteiger partial charge in [0.2, 0.25) is 5.91 Å². The molecule has 130 valence electrons. The number of rotatable bonds is 4. The Morgan fingerprint density at radius 2 is 1.85 bits per heavy atom. The molecule has 0 fully saturated rings. The molecular weight excluding hydrogens is 328 g/mol. The van der Waals surface area contributed by atoms with E-state index in [4.69, 9.17) is 0 Å². The maximum atomic E-state index is 12.6. The summed E-state index contributed by atoms with van der Waals surface area (Å²) < 4.78 is 1.75. The standard InChI is InChI=1S/C20H18N4O2/c1-13(14-7-3-2-4-8-14)22-18(25)12-24-17-10-6-5-9-15(17)16-11-21-23-20(26)19(16)24/h2-11,13H,12H2,1H3,(H,22,25)(H,23,26)/t13-/m1/s1. The van der Waals surface area contributed by atoms with Crippen molar-refractivity contribution in [3.8, 4) is 0 Å². The summed E-state index contributed by atoms with van der Waals surface area (Å²) >= 11 is 0. The van der Waals surface area contributed by atoms with Crippen LogP contribution in [0.4, 0.5) is 0 Å². The van der Waals surface area contributed by atoms with E-state index in [1.807, 2.05) is 61.5 Å². The Morgan fingerprint density at radius 3 is 2.65 bits per heavy atom. The smallest absolute Gasteiger partial charge is 0.288 e. The van der Waals surface area contributed by atoms with E-state index in [1.165, 1.54) is 0 Å². The lowest BCUT2D eigenvalue weighted by atomic mass is 10.1. The number of fused-ring (bicyclic) bond motifs is 3. The molecule has 0 aliphatic rings. The van der Waals surface area contributed by atoms with Gasteiger partial charge in [0.1, 0.15) is 12.1 Å². The van der Waals surface area contributed by atoms with Gasteiger partial charge in [-0.1, -0.05) is 48.5 Å². The number of nitrogens with zero attached hydrogens (tertiary/aromatic N) is 2. The van der Waals surface area contributed by atoms with E-state index in [-0.39, 0.29) is 24.1 Å². The molecule has 6 heteroatoms. The van der Waals surface area contributed by atoms with Gasteiger partial charge in [-0.3, -0.25) is 9.59 Å². The van der Waals surface area contributed by atoms with Crippen LogP contribution < -0.4 is 10.9 Å². The molecule has 0 aliphatic heterocycles. The minimum Gasteiger partial charge on any atom is -0.348 e. The van der Waals surface area contributed by atoms with Crippen LogP contribution in [0.3, 0.4) is 0 Å². The predicted octanol–water partition coefficient (Wildman–Crippen LogP) is 2.76. The van der Waals surface area contributed by atoms with E-state index in [1.54, 1.807) is 10.8 Å². The Labute approximate surface area is 149 Å². The maximum Gasteiger partial charge on any atom is 0.288 e. The monoisotopic (exact) mass is 346 g/mol. The van der Waals surface area contributed by atoms with Gasteiger partial charge in [0, 0.05) is 16.3 Å². The first-order valence-corrected chi connectivity index (χ1v) is 8.44. The van der Waals surface area contributed by atoms with Gasteiger partial charge in [0.25, 0.3) is 5.56 Å². The first-order valence-electron chi connectivity index (χ1n) is 8.44. The molecule has 2 N–H and O–H groups in total. The number of hydrogen-bond acceptors (Lipinski definition) is 3. The zero-order valence-corrected chi connectivity index (χ0v) is 14.3. The molecule has 2 aromatic carbocycles. The first-order chi connectivity index (χ1) is 12.6. The Hall–Kier alpha value is -3.41. The van der Waals surface area contributed by atoms with Crippen LogP contribution in [0.1, 0.15) is 18.5 Å². The zero-order chi connectivity index (χ0) is 18.1. The normalized spacial score (nSPS) is 12.3. The van der Waals surface area contributed by atoms with Crippen molar-refractivity contribution in [2.75, 3.05) is 0 Å². The quantitative estimate of drug-likeness (QED) is 0.596. The number of aromatic nitrogens is 3. The van der Waals surface area contributed by atoms with Gasteiger partial charge in [0.05, 0.1) is 12.2 Å². The fourth-order valence-electron chi connectivity index (χ4n) is 3.33.